The Labute approximate surface area is 115 Å². The van der Waals surface area contributed by atoms with E-state index in [1.54, 1.807) is 19.9 Å². The van der Waals surface area contributed by atoms with Gasteiger partial charge < -0.3 is 15.8 Å². The molecule has 4 nitrogen and oxygen atoms in total. The van der Waals surface area contributed by atoms with Crippen molar-refractivity contribution in [2.24, 2.45) is 11.7 Å². The summed E-state index contributed by atoms with van der Waals surface area (Å²) in [4.78, 5) is 11.6. The van der Waals surface area contributed by atoms with Gasteiger partial charge in [-0.2, -0.15) is 13.2 Å². The number of rotatable bonds is 5. The van der Waals surface area contributed by atoms with Crippen LogP contribution >= 0.6 is 0 Å². The van der Waals surface area contributed by atoms with Crippen molar-refractivity contribution in [3.8, 4) is 5.75 Å². The maximum absolute atomic E-state index is 12.1. The van der Waals surface area contributed by atoms with E-state index in [4.69, 9.17) is 5.73 Å². The number of carbonyl (C=O) groups excluding carboxylic acids is 1. The summed E-state index contributed by atoms with van der Waals surface area (Å²) in [5, 5.41) is 2.64. The van der Waals surface area contributed by atoms with Crippen molar-refractivity contribution in [2.45, 2.75) is 20.0 Å². The topological polar surface area (TPSA) is 64.4 Å². The molecule has 0 spiro atoms. The van der Waals surface area contributed by atoms with Gasteiger partial charge in [-0.3, -0.25) is 4.79 Å². The highest BCUT2D eigenvalue weighted by Crippen LogP contribution is 2.24. The first-order valence-electron chi connectivity index (χ1n) is 6.04. The quantitative estimate of drug-likeness (QED) is 0.875. The second-order valence-electron chi connectivity index (χ2n) is 4.51. The maximum Gasteiger partial charge on any atom is 0.422 e. The van der Waals surface area contributed by atoms with Gasteiger partial charge in [0.15, 0.2) is 6.61 Å². The molecule has 1 atom stereocenters. The Morgan fingerprint density at radius 2 is 2.10 bits per heavy atom. The zero-order valence-corrected chi connectivity index (χ0v) is 11.3. The average Bonchev–Trinajstić information content (AvgIpc) is 2.35. The lowest BCUT2D eigenvalue weighted by atomic mass is 10.1. The molecule has 0 aliphatic carbocycles. The van der Waals surface area contributed by atoms with Crippen LogP contribution in [0.3, 0.4) is 0 Å². The molecule has 0 saturated carbocycles. The van der Waals surface area contributed by atoms with Crippen LogP contribution in [0.1, 0.15) is 12.5 Å². The summed E-state index contributed by atoms with van der Waals surface area (Å²) in [7, 11) is 0. The van der Waals surface area contributed by atoms with Gasteiger partial charge in [0.25, 0.3) is 0 Å². The van der Waals surface area contributed by atoms with Gasteiger partial charge in [0.1, 0.15) is 5.75 Å². The minimum absolute atomic E-state index is 0.132. The van der Waals surface area contributed by atoms with Crippen LogP contribution in [-0.2, 0) is 4.79 Å². The van der Waals surface area contributed by atoms with Gasteiger partial charge in [0, 0.05) is 18.2 Å². The molecule has 1 unspecified atom stereocenters. The first-order valence-corrected chi connectivity index (χ1v) is 6.04. The molecule has 7 heteroatoms. The van der Waals surface area contributed by atoms with E-state index < -0.39 is 12.8 Å². The molecule has 1 aromatic rings. The lowest BCUT2D eigenvalue weighted by molar-refractivity contribution is -0.153. The predicted molar refractivity (Wildman–Crippen MR) is 69.6 cm³/mol. The first kappa shape index (κ1) is 16.3. The number of ether oxygens (including phenoxy) is 1. The fourth-order valence-corrected chi connectivity index (χ4v) is 1.42. The van der Waals surface area contributed by atoms with Crippen molar-refractivity contribution in [1.29, 1.82) is 0 Å². The van der Waals surface area contributed by atoms with E-state index in [1.807, 2.05) is 0 Å². The third-order valence-corrected chi connectivity index (χ3v) is 2.63. The molecule has 1 rings (SSSR count). The Kier molecular flexibility index (Phi) is 5.38. The van der Waals surface area contributed by atoms with Crippen LogP contribution in [0.15, 0.2) is 18.2 Å². The highest BCUT2D eigenvalue weighted by molar-refractivity contribution is 5.92. The van der Waals surface area contributed by atoms with Crippen LogP contribution in [0.25, 0.3) is 0 Å². The normalized spacial score (nSPS) is 12.9. The van der Waals surface area contributed by atoms with Crippen molar-refractivity contribution < 1.29 is 22.7 Å². The van der Waals surface area contributed by atoms with Crippen LogP contribution < -0.4 is 15.8 Å². The Bertz CT molecular complexity index is 475. The number of alkyl halides is 3. The van der Waals surface area contributed by atoms with Crippen LogP contribution in [-0.4, -0.2) is 25.2 Å². The minimum Gasteiger partial charge on any atom is -0.484 e. The fourth-order valence-electron chi connectivity index (χ4n) is 1.42. The zero-order chi connectivity index (χ0) is 15.3. The number of carbonyl (C=O) groups is 1. The maximum atomic E-state index is 12.1. The van der Waals surface area contributed by atoms with E-state index >= 15 is 0 Å². The number of hydrogen-bond acceptors (Lipinski definition) is 3. The molecule has 0 bridgehead atoms. The van der Waals surface area contributed by atoms with Gasteiger partial charge in [-0.15, -0.1) is 0 Å². The fraction of sp³-hybridized carbons (Fsp3) is 0.462. The Morgan fingerprint density at radius 3 is 2.60 bits per heavy atom. The smallest absolute Gasteiger partial charge is 0.422 e. The van der Waals surface area contributed by atoms with Crippen LogP contribution in [0, 0.1) is 12.8 Å². The highest BCUT2D eigenvalue weighted by Gasteiger charge is 2.28. The van der Waals surface area contributed by atoms with Gasteiger partial charge in [0.05, 0.1) is 0 Å². The molecule has 0 heterocycles. The number of benzene rings is 1. The molecule has 0 radical (unpaired) electrons. The van der Waals surface area contributed by atoms with Crippen LogP contribution in [0.4, 0.5) is 18.9 Å². The van der Waals surface area contributed by atoms with Crippen molar-refractivity contribution in [1.82, 2.24) is 0 Å². The van der Waals surface area contributed by atoms with Gasteiger partial charge in [-0.25, -0.2) is 0 Å². The summed E-state index contributed by atoms with van der Waals surface area (Å²) >= 11 is 0. The lowest BCUT2D eigenvalue weighted by Crippen LogP contribution is -2.26. The number of aryl methyl sites for hydroxylation is 1. The van der Waals surface area contributed by atoms with E-state index in [-0.39, 0.29) is 24.1 Å². The highest BCUT2D eigenvalue weighted by atomic mass is 19.4. The number of nitrogens with one attached hydrogen (secondary N) is 1. The molecular formula is C13H17F3N2O2. The summed E-state index contributed by atoms with van der Waals surface area (Å²) in [5.74, 6) is -0.445. The van der Waals surface area contributed by atoms with Gasteiger partial charge in [-0.05, 0) is 30.7 Å². The van der Waals surface area contributed by atoms with Crippen molar-refractivity contribution in [3.05, 3.63) is 23.8 Å². The molecule has 3 N–H and O–H groups in total. The summed E-state index contributed by atoms with van der Waals surface area (Å²) < 4.78 is 40.8. The summed E-state index contributed by atoms with van der Waals surface area (Å²) in [6.07, 6.45) is -4.38. The van der Waals surface area contributed by atoms with Crippen LogP contribution in [0.2, 0.25) is 0 Å². The second kappa shape index (κ2) is 6.60. The van der Waals surface area contributed by atoms with Crippen LogP contribution in [0.5, 0.6) is 5.75 Å². The molecule has 0 saturated heterocycles. The summed E-state index contributed by atoms with van der Waals surface area (Å²) in [6, 6.07) is 4.43. The Hall–Kier alpha value is -1.76. The minimum atomic E-state index is -4.38. The van der Waals surface area contributed by atoms with Crippen molar-refractivity contribution in [2.75, 3.05) is 18.5 Å². The molecule has 20 heavy (non-hydrogen) atoms. The van der Waals surface area contributed by atoms with Crippen molar-refractivity contribution in [3.63, 3.8) is 0 Å². The van der Waals surface area contributed by atoms with Gasteiger partial charge >= 0.3 is 6.18 Å². The molecule has 0 aromatic heterocycles. The molecule has 1 amide bonds. The molecule has 0 aliphatic rings. The van der Waals surface area contributed by atoms with E-state index in [0.717, 1.165) is 0 Å². The van der Waals surface area contributed by atoms with Crippen molar-refractivity contribution >= 4 is 11.6 Å². The van der Waals surface area contributed by atoms with E-state index in [9.17, 15) is 18.0 Å². The van der Waals surface area contributed by atoms with E-state index in [0.29, 0.717) is 11.3 Å². The predicted octanol–water partition coefficient (Wildman–Crippen LogP) is 2.47. The third kappa shape index (κ3) is 5.08. The van der Waals surface area contributed by atoms with E-state index in [2.05, 4.69) is 10.1 Å². The largest absolute Gasteiger partial charge is 0.484 e. The Morgan fingerprint density at radius 1 is 1.45 bits per heavy atom. The molecule has 0 fully saturated rings. The number of amides is 1. The molecule has 0 aliphatic heterocycles. The number of halogens is 3. The number of nitrogens with two attached hydrogens (primary N) is 1. The lowest BCUT2D eigenvalue weighted by Gasteiger charge is -2.14. The standard InChI is InChI=1S/C13H17F3N2O2/c1-8-5-10(18-12(19)9(2)6-17)3-4-11(8)20-7-13(14,15)16/h3-5,9H,6-7,17H2,1-2H3,(H,18,19). The zero-order valence-electron chi connectivity index (χ0n) is 11.3. The second-order valence-corrected chi connectivity index (χ2v) is 4.51. The molecule has 1 aromatic carbocycles. The third-order valence-electron chi connectivity index (χ3n) is 2.63. The average molecular weight is 290 g/mol. The SMILES string of the molecule is Cc1cc(NC(=O)C(C)CN)ccc1OCC(F)(F)F. The first-order chi connectivity index (χ1) is 9.23. The molecular weight excluding hydrogens is 273 g/mol. The van der Waals surface area contributed by atoms with E-state index in [1.165, 1.54) is 12.1 Å². The Balaban J connectivity index is 2.71. The summed E-state index contributed by atoms with van der Waals surface area (Å²) in [5.41, 5.74) is 6.37. The monoisotopic (exact) mass is 290 g/mol. The molecule has 112 valence electrons. The number of hydrogen-bond donors (Lipinski definition) is 2. The number of anilines is 1. The van der Waals surface area contributed by atoms with Gasteiger partial charge in [0.2, 0.25) is 5.91 Å². The van der Waals surface area contributed by atoms with Gasteiger partial charge in [-0.1, -0.05) is 6.92 Å². The summed E-state index contributed by atoms with van der Waals surface area (Å²) in [6.45, 7) is 2.16.